The quantitative estimate of drug-likeness (QED) is 0.892. The van der Waals surface area contributed by atoms with Gasteiger partial charge in [0, 0.05) is 6.04 Å². The van der Waals surface area contributed by atoms with Crippen LogP contribution in [0, 0.1) is 11.8 Å². The van der Waals surface area contributed by atoms with Gasteiger partial charge in [0.25, 0.3) is 5.56 Å². The smallest absolute Gasteiger partial charge is 0.326 e. The second-order valence-corrected chi connectivity index (χ2v) is 6.23. The van der Waals surface area contributed by atoms with E-state index >= 15 is 0 Å². The van der Waals surface area contributed by atoms with Crippen molar-refractivity contribution in [2.75, 3.05) is 4.90 Å². The summed E-state index contributed by atoms with van der Waals surface area (Å²) in [5, 5.41) is 11.9. The number of fused-ring (bicyclic) bond motifs is 1. The number of hydrogen-bond acceptors (Lipinski definition) is 4. The van der Waals surface area contributed by atoms with Crippen molar-refractivity contribution in [3.05, 3.63) is 16.4 Å². The minimum atomic E-state index is -0.832. The topological polar surface area (TPSA) is 86.5 Å². The van der Waals surface area contributed by atoms with Crippen LogP contribution in [0.1, 0.15) is 45.4 Å². The molecule has 0 radical (unpaired) electrons. The van der Waals surface area contributed by atoms with Crippen molar-refractivity contribution in [3.8, 4) is 0 Å². The summed E-state index contributed by atoms with van der Waals surface area (Å²) < 4.78 is 5.22. The number of carboxylic acid groups (broad SMARTS) is 1. The van der Waals surface area contributed by atoms with Gasteiger partial charge < -0.3 is 14.5 Å². The van der Waals surface area contributed by atoms with Crippen LogP contribution in [0.5, 0.6) is 0 Å². The molecule has 4 unspecified atom stereocenters. The highest BCUT2D eigenvalue weighted by atomic mass is 16.5. The Bertz CT molecular complexity index is 564. The van der Waals surface area contributed by atoms with E-state index in [2.05, 4.69) is 12.1 Å². The summed E-state index contributed by atoms with van der Waals surface area (Å²) >= 11 is 0. The van der Waals surface area contributed by atoms with Crippen molar-refractivity contribution in [2.45, 2.75) is 57.5 Å². The van der Waals surface area contributed by atoms with Gasteiger partial charge >= 0.3 is 5.97 Å². The van der Waals surface area contributed by atoms with Crippen LogP contribution in [-0.4, -0.2) is 28.3 Å². The first-order valence-corrected chi connectivity index (χ1v) is 7.81. The molecule has 2 aliphatic rings. The number of aromatic amines is 1. The zero-order chi connectivity index (χ0) is 15.0. The largest absolute Gasteiger partial charge is 0.480 e. The number of carbonyl (C=O) groups is 1. The van der Waals surface area contributed by atoms with Gasteiger partial charge in [-0.15, -0.1) is 0 Å². The number of anilines is 1. The highest BCUT2D eigenvalue weighted by Gasteiger charge is 2.46. The fraction of sp³-hybridized carbons (Fsp3) is 0.733. The minimum absolute atomic E-state index is 0.129. The van der Waals surface area contributed by atoms with Gasteiger partial charge in [-0.1, -0.05) is 26.2 Å². The van der Waals surface area contributed by atoms with E-state index in [9.17, 15) is 14.7 Å². The Morgan fingerprint density at radius 3 is 2.86 bits per heavy atom. The number of aliphatic carboxylic acids is 1. The summed E-state index contributed by atoms with van der Waals surface area (Å²) in [6, 6.07) is 0.888. The normalized spacial score (nSPS) is 32.7. The van der Waals surface area contributed by atoms with E-state index in [4.69, 9.17) is 4.52 Å². The van der Waals surface area contributed by atoms with Gasteiger partial charge in [-0.2, -0.15) is 5.16 Å². The molecule has 6 heteroatoms. The lowest BCUT2D eigenvalue weighted by atomic mass is 9.68. The van der Waals surface area contributed by atoms with Gasteiger partial charge in [-0.25, -0.2) is 4.79 Å². The molecule has 1 aromatic heterocycles. The predicted octanol–water partition coefficient (Wildman–Crippen LogP) is 2.22. The maximum Gasteiger partial charge on any atom is 0.326 e. The average Bonchev–Trinajstić information content (AvgIpc) is 2.91. The molecule has 1 aliphatic carbocycles. The fourth-order valence-electron chi connectivity index (χ4n) is 4.31. The molecule has 0 bridgehead atoms. The van der Waals surface area contributed by atoms with Crippen molar-refractivity contribution in [1.29, 1.82) is 0 Å². The molecule has 21 heavy (non-hydrogen) atoms. The van der Waals surface area contributed by atoms with Crippen LogP contribution in [0.15, 0.2) is 15.4 Å². The highest BCUT2D eigenvalue weighted by Crippen LogP contribution is 2.44. The summed E-state index contributed by atoms with van der Waals surface area (Å²) in [6.07, 6.45) is 6.17. The van der Waals surface area contributed by atoms with E-state index in [0.717, 1.165) is 19.3 Å². The van der Waals surface area contributed by atoms with Gasteiger partial charge in [-0.3, -0.25) is 4.79 Å². The van der Waals surface area contributed by atoms with E-state index in [0.29, 0.717) is 24.1 Å². The number of piperidine rings is 1. The first-order valence-electron chi connectivity index (χ1n) is 7.81. The Morgan fingerprint density at radius 2 is 2.24 bits per heavy atom. The number of aromatic nitrogens is 1. The van der Waals surface area contributed by atoms with Gasteiger partial charge in [0.1, 0.15) is 6.04 Å². The lowest BCUT2D eigenvalue weighted by molar-refractivity contribution is -0.140. The Hall–Kier alpha value is -1.72. The maximum absolute atomic E-state index is 11.7. The standard InChI is InChI=1S/C15H22N2O4/c1-2-11-10-6-4-3-5-9(10)7-12(15(19)20)17(11)14-8-13(18)16-21-14/h8-12H,2-7H2,1H3,(H,16,18)(H,19,20). The van der Waals surface area contributed by atoms with Gasteiger partial charge in [0.05, 0.1) is 6.07 Å². The number of hydrogen-bond donors (Lipinski definition) is 2. The molecular formula is C15H22N2O4. The molecule has 0 aromatic carbocycles. The van der Waals surface area contributed by atoms with E-state index in [1.54, 1.807) is 0 Å². The molecule has 0 spiro atoms. The molecule has 6 nitrogen and oxygen atoms in total. The van der Waals surface area contributed by atoms with Crippen LogP contribution in [0.4, 0.5) is 5.88 Å². The van der Waals surface area contributed by atoms with Gasteiger partial charge in [-0.05, 0) is 31.1 Å². The van der Waals surface area contributed by atoms with E-state index in [1.807, 2.05) is 4.90 Å². The molecule has 116 valence electrons. The van der Waals surface area contributed by atoms with Crippen molar-refractivity contribution >= 4 is 11.9 Å². The molecule has 2 N–H and O–H groups in total. The first kappa shape index (κ1) is 14.2. The minimum Gasteiger partial charge on any atom is -0.480 e. The summed E-state index contributed by atoms with van der Waals surface area (Å²) in [5.74, 6) is 0.510. The van der Waals surface area contributed by atoms with E-state index < -0.39 is 12.0 Å². The second kappa shape index (κ2) is 5.58. The van der Waals surface area contributed by atoms with Crippen molar-refractivity contribution in [1.82, 2.24) is 5.16 Å². The van der Waals surface area contributed by atoms with Crippen molar-refractivity contribution in [3.63, 3.8) is 0 Å². The van der Waals surface area contributed by atoms with E-state index in [-0.39, 0.29) is 11.6 Å². The summed E-state index contributed by atoms with van der Waals surface area (Å²) in [4.78, 5) is 24.9. The van der Waals surface area contributed by atoms with Crippen molar-refractivity contribution in [2.24, 2.45) is 11.8 Å². The highest BCUT2D eigenvalue weighted by molar-refractivity contribution is 5.78. The van der Waals surface area contributed by atoms with Gasteiger partial charge in [0.2, 0.25) is 5.88 Å². The van der Waals surface area contributed by atoms with E-state index in [1.165, 1.54) is 18.9 Å². The number of carboxylic acids is 1. The molecule has 1 aromatic rings. The van der Waals surface area contributed by atoms with Crippen LogP contribution in [0.25, 0.3) is 0 Å². The molecule has 1 saturated heterocycles. The lowest BCUT2D eigenvalue weighted by Gasteiger charge is -2.50. The third-order valence-electron chi connectivity index (χ3n) is 5.15. The molecule has 0 amide bonds. The maximum atomic E-state index is 11.7. The summed E-state index contributed by atoms with van der Waals surface area (Å²) in [6.45, 7) is 2.08. The summed E-state index contributed by atoms with van der Waals surface area (Å²) in [7, 11) is 0. The monoisotopic (exact) mass is 294 g/mol. The Labute approximate surface area is 123 Å². The second-order valence-electron chi connectivity index (χ2n) is 6.23. The first-order chi connectivity index (χ1) is 10.1. The molecule has 2 heterocycles. The zero-order valence-corrected chi connectivity index (χ0v) is 12.2. The zero-order valence-electron chi connectivity index (χ0n) is 12.2. The number of nitrogens with zero attached hydrogens (tertiary/aromatic N) is 1. The average molecular weight is 294 g/mol. The molecule has 3 rings (SSSR count). The van der Waals surface area contributed by atoms with Crippen LogP contribution >= 0.6 is 0 Å². The fourth-order valence-corrected chi connectivity index (χ4v) is 4.31. The Balaban J connectivity index is 1.99. The van der Waals surface area contributed by atoms with Crippen LogP contribution in [0.2, 0.25) is 0 Å². The molecular weight excluding hydrogens is 272 g/mol. The van der Waals surface area contributed by atoms with Crippen LogP contribution < -0.4 is 10.5 Å². The molecule has 1 saturated carbocycles. The SMILES string of the molecule is CCC1C2CCCCC2CC(C(=O)O)N1c1cc(=O)[nH]o1. The Morgan fingerprint density at radius 1 is 1.48 bits per heavy atom. The molecule has 2 fully saturated rings. The summed E-state index contributed by atoms with van der Waals surface area (Å²) in [5.41, 5.74) is -0.324. The molecule has 4 atom stereocenters. The van der Waals surface area contributed by atoms with Crippen molar-refractivity contribution < 1.29 is 14.4 Å². The Kier molecular flexibility index (Phi) is 3.78. The number of nitrogens with one attached hydrogen (secondary N) is 1. The van der Waals surface area contributed by atoms with Gasteiger partial charge in [0.15, 0.2) is 0 Å². The lowest BCUT2D eigenvalue weighted by Crippen LogP contribution is -2.57. The number of rotatable bonds is 3. The third kappa shape index (κ3) is 2.47. The molecule has 1 aliphatic heterocycles. The predicted molar refractivity (Wildman–Crippen MR) is 77.4 cm³/mol. The van der Waals surface area contributed by atoms with Crippen LogP contribution in [-0.2, 0) is 4.79 Å². The third-order valence-corrected chi connectivity index (χ3v) is 5.15. The van der Waals surface area contributed by atoms with Crippen LogP contribution in [0.3, 0.4) is 0 Å². The number of H-pyrrole nitrogens is 1.